The van der Waals surface area contributed by atoms with Gasteiger partial charge in [0.1, 0.15) is 0 Å². The van der Waals surface area contributed by atoms with Gasteiger partial charge in [0.2, 0.25) is 0 Å². The topological polar surface area (TPSA) is 29.3 Å². The minimum absolute atomic E-state index is 0.440. The van der Waals surface area contributed by atoms with Gasteiger partial charge in [0.15, 0.2) is 0 Å². The van der Waals surface area contributed by atoms with Crippen LogP contribution in [-0.2, 0) is 0 Å². The van der Waals surface area contributed by atoms with Gasteiger partial charge in [0, 0.05) is 25.2 Å². The maximum Gasteiger partial charge on any atom is 0.0196 e. The van der Waals surface area contributed by atoms with Gasteiger partial charge in [-0.05, 0) is 37.5 Å². The van der Waals surface area contributed by atoms with Crippen LogP contribution in [0.4, 0.5) is 0 Å². The number of likely N-dealkylation sites (tertiary alicyclic amines) is 1. The highest BCUT2D eigenvalue weighted by Crippen LogP contribution is 2.34. The maximum atomic E-state index is 6.17. The largest absolute Gasteiger partial charge is 0.326 e. The van der Waals surface area contributed by atoms with Gasteiger partial charge >= 0.3 is 0 Å². The Morgan fingerprint density at radius 1 is 1.29 bits per heavy atom. The van der Waals surface area contributed by atoms with E-state index in [0.717, 1.165) is 30.3 Å². The van der Waals surface area contributed by atoms with E-state index in [1.54, 1.807) is 0 Å². The van der Waals surface area contributed by atoms with Crippen LogP contribution in [0.3, 0.4) is 0 Å². The lowest BCUT2D eigenvalue weighted by Gasteiger charge is -2.26. The second-order valence-corrected chi connectivity index (χ2v) is 5.53. The Morgan fingerprint density at radius 2 is 1.93 bits per heavy atom. The number of hydrogen-bond acceptors (Lipinski definition) is 2. The lowest BCUT2D eigenvalue weighted by Crippen LogP contribution is -2.41. The van der Waals surface area contributed by atoms with E-state index in [-0.39, 0.29) is 0 Å². The summed E-state index contributed by atoms with van der Waals surface area (Å²) in [6.45, 7) is 9.47. The van der Waals surface area contributed by atoms with Gasteiger partial charge in [-0.15, -0.1) is 0 Å². The highest BCUT2D eigenvalue weighted by atomic mass is 15.2. The van der Waals surface area contributed by atoms with Crippen LogP contribution < -0.4 is 5.73 Å². The predicted molar refractivity (Wildman–Crippen MR) is 60.1 cm³/mol. The van der Waals surface area contributed by atoms with E-state index < -0.39 is 0 Å². The van der Waals surface area contributed by atoms with Gasteiger partial charge < -0.3 is 5.73 Å². The summed E-state index contributed by atoms with van der Waals surface area (Å²) in [5, 5.41) is 0. The fraction of sp³-hybridized carbons (Fsp3) is 1.00. The molecule has 2 aliphatic rings. The molecule has 1 aliphatic heterocycles. The summed E-state index contributed by atoms with van der Waals surface area (Å²) in [4.78, 5) is 2.60. The third-order valence-electron chi connectivity index (χ3n) is 4.43. The Hall–Kier alpha value is -0.0800. The van der Waals surface area contributed by atoms with Crippen molar-refractivity contribution >= 4 is 0 Å². The van der Waals surface area contributed by atoms with Crippen molar-refractivity contribution in [2.24, 2.45) is 23.5 Å². The molecule has 0 spiro atoms. The molecule has 0 radical (unpaired) electrons. The van der Waals surface area contributed by atoms with Gasteiger partial charge in [0.25, 0.3) is 0 Å². The van der Waals surface area contributed by atoms with Crippen LogP contribution in [0.5, 0.6) is 0 Å². The summed E-state index contributed by atoms with van der Waals surface area (Å²) >= 11 is 0. The van der Waals surface area contributed by atoms with Crippen LogP contribution in [0.25, 0.3) is 0 Å². The van der Waals surface area contributed by atoms with Gasteiger partial charge in [-0.2, -0.15) is 0 Å². The summed E-state index contributed by atoms with van der Waals surface area (Å²) in [5.41, 5.74) is 6.17. The molecular weight excluding hydrogens is 172 g/mol. The molecule has 2 N–H and O–H groups in total. The van der Waals surface area contributed by atoms with E-state index in [4.69, 9.17) is 5.73 Å². The standard InChI is InChI=1S/C12H24N2/c1-8-6-14(10(3)9(8)2)7-12(13)11-4-5-11/h8-12H,4-7,13H2,1-3H3. The van der Waals surface area contributed by atoms with Crippen LogP contribution in [0.15, 0.2) is 0 Å². The van der Waals surface area contributed by atoms with Crippen LogP contribution in [-0.4, -0.2) is 30.1 Å². The minimum Gasteiger partial charge on any atom is -0.326 e. The van der Waals surface area contributed by atoms with Gasteiger partial charge in [-0.25, -0.2) is 0 Å². The van der Waals surface area contributed by atoms with E-state index >= 15 is 0 Å². The third kappa shape index (κ3) is 1.96. The number of hydrogen-bond donors (Lipinski definition) is 1. The fourth-order valence-corrected chi connectivity index (χ4v) is 2.70. The van der Waals surface area contributed by atoms with Crippen molar-refractivity contribution in [3.05, 3.63) is 0 Å². The zero-order valence-electron chi connectivity index (χ0n) is 9.74. The third-order valence-corrected chi connectivity index (χ3v) is 4.43. The Balaban J connectivity index is 1.85. The molecule has 4 atom stereocenters. The number of rotatable bonds is 3. The van der Waals surface area contributed by atoms with Crippen molar-refractivity contribution in [3.63, 3.8) is 0 Å². The Labute approximate surface area is 87.8 Å². The van der Waals surface area contributed by atoms with E-state index in [1.807, 2.05) is 0 Å². The second kappa shape index (κ2) is 3.82. The summed E-state index contributed by atoms with van der Waals surface area (Å²) in [6, 6.07) is 1.17. The first-order valence-corrected chi connectivity index (χ1v) is 6.09. The molecule has 82 valence electrons. The van der Waals surface area contributed by atoms with E-state index in [2.05, 4.69) is 25.7 Å². The maximum absolute atomic E-state index is 6.17. The molecule has 0 aromatic carbocycles. The summed E-state index contributed by atoms with van der Waals surface area (Å²) in [5.74, 6) is 2.52. The highest BCUT2D eigenvalue weighted by molar-refractivity contribution is 4.91. The molecule has 4 unspecified atom stereocenters. The van der Waals surface area contributed by atoms with Crippen molar-refractivity contribution in [1.82, 2.24) is 4.90 Å². The van der Waals surface area contributed by atoms with Crippen molar-refractivity contribution in [2.45, 2.75) is 45.7 Å². The molecule has 2 rings (SSSR count). The molecular formula is C12H24N2. The molecule has 0 aromatic rings. The summed E-state index contributed by atoms with van der Waals surface area (Å²) in [6.07, 6.45) is 2.74. The molecule has 14 heavy (non-hydrogen) atoms. The zero-order valence-corrected chi connectivity index (χ0v) is 9.74. The highest BCUT2D eigenvalue weighted by Gasteiger charge is 2.36. The monoisotopic (exact) mass is 196 g/mol. The van der Waals surface area contributed by atoms with Gasteiger partial charge in [-0.1, -0.05) is 13.8 Å². The zero-order chi connectivity index (χ0) is 10.3. The van der Waals surface area contributed by atoms with E-state index in [9.17, 15) is 0 Å². The van der Waals surface area contributed by atoms with Crippen LogP contribution >= 0.6 is 0 Å². The van der Waals surface area contributed by atoms with Crippen LogP contribution in [0, 0.1) is 17.8 Å². The molecule has 2 heteroatoms. The van der Waals surface area contributed by atoms with E-state index in [1.165, 1.54) is 19.4 Å². The smallest absolute Gasteiger partial charge is 0.0196 e. The first kappa shape index (κ1) is 10.4. The van der Waals surface area contributed by atoms with E-state index in [0.29, 0.717) is 6.04 Å². The molecule has 0 amide bonds. The minimum atomic E-state index is 0.440. The van der Waals surface area contributed by atoms with Crippen LogP contribution in [0.2, 0.25) is 0 Å². The number of nitrogens with two attached hydrogens (primary N) is 1. The number of nitrogens with zero attached hydrogens (tertiary/aromatic N) is 1. The Bertz CT molecular complexity index is 200. The normalized spacial score (nSPS) is 41.6. The molecule has 1 aliphatic carbocycles. The summed E-state index contributed by atoms with van der Waals surface area (Å²) in [7, 11) is 0. The quantitative estimate of drug-likeness (QED) is 0.744. The van der Waals surface area contributed by atoms with Gasteiger partial charge in [-0.3, -0.25) is 4.90 Å². The summed E-state index contributed by atoms with van der Waals surface area (Å²) < 4.78 is 0. The van der Waals surface area contributed by atoms with Crippen molar-refractivity contribution in [1.29, 1.82) is 0 Å². The molecule has 2 fully saturated rings. The molecule has 2 nitrogen and oxygen atoms in total. The molecule has 1 heterocycles. The van der Waals surface area contributed by atoms with Crippen LogP contribution in [0.1, 0.15) is 33.6 Å². The van der Waals surface area contributed by atoms with Crippen molar-refractivity contribution in [2.75, 3.05) is 13.1 Å². The van der Waals surface area contributed by atoms with Gasteiger partial charge in [0.05, 0.1) is 0 Å². The van der Waals surface area contributed by atoms with Crippen molar-refractivity contribution < 1.29 is 0 Å². The lowest BCUT2D eigenvalue weighted by atomic mass is 9.95. The average molecular weight is 196 g/mol. The predicted octanol–water partition coefficient (Wildman–Crippen LogP) is 1.70. The molecule has 0 bridgehead atoms. The fourth-order valence-electron chi connectivity index (χ4n) is 2.70. The first-order chi connectivity index (χ1) is 6.59. The Morgan fingerprint density at radius 3 is 2.36 bits per heavy atom. The first-order valence-electron chi connectivity index (χ1n) is 6.09. The Kier molecular flexibility index (Phi) is 2.85. The SMILES string of the molecule is CC1CN(CC(N)C2CC2)C(C)C1C. The molecule has 0 aromatic heterocycles. The van der Waals surface area contributed by atoms with Crippen molar-refractivity contribution in [3.8, 4) is 0 Å². The lowest BCUT2D eigenvalue weighted by molar-refractivity contribution is 0.226. The molecule has 1 saturated heterocycles. The average Bonchev–Trinajstić information content (AvgIpc) is 2.93. The molecule has 1 saturated carbocycles. The second-order valence-electron chi connectivity index (χ2n) is 5.53.